The van der Waals surface area contributed by atoms with E-state index < -0.39 is 0 Å². The van der Waals surface area contributed by atoms with Crippen LogP contribution in [-0.4, -0.2) is 30.5 Å². The van der Waals surface area contributed by atoms with E-state index in [9.17, 15) is 9.59 Å². The van der Waals surface area contributed by atoms with E-state index in [1.807, 2.05) is 30.5 Å². The second-order valence-corrected chi connectivity index (χ2v) is 8.10. The Morgan fingerprint density at radius 2 is 2.13 bits per heavy atom. The van der Waals surface area contributed by atoms with Gasteiger partial charge in [0.1, 0.15) is 0 Å². The Morgan fingerprint density at radius 3 is 2.90 bits per heavy atom. The highest BCUT2D eigenvalue weighted by molar-refractivity contribution is 7.14. The van der Waals surface area contributed by atoms with E-state index >= 15 is 0 Å². The van der Waals surface area contributed by atoms with Crippen LogP contribution in [0.4, 0.5) is 10.8 Å². The summed E-state index contributed by atoms with van der Waals surface area (Å²) in [7, 11) is 1.49. The number of amides is 2. The molecule has 0 saturated carbocycles. The monoisotopic (exact) mass is 457 g/mol. The number of rotatable bonds is 6. The summed E-state index contributed by atoms with van der Waals surface area (Å²) in [5, 5.41) is 8.32. The summed E-state index contributed by atoms with van der Waals surface area (Å²) in [6.07, 6.45) is 1.17. The molecule has 7 nitrogen and oxygen atoms in total. The molecular weight excluding hydrogens is 438 g/mol. The predicted octanol–water partition coefficient (Wildman–Crippen LogP) is 5.01. The fourth-order valence-corrected chi connectivity index (χ4v) is 4.29. The van der Waals surface area contributed by atoms with Gasteiger partial charge in [-0.3, -0.25) is 14.9 Å². The average molecular weight is 458 g/mol. The average Bonchev–Trinajstić information content (AvgIpc) is 3.23. The van der Waals surface area contributed by atoms with Crippen molar-refractivity contribution in [1.29, 1.82) is 0 Å². The minimum atomic E-state index is -0.350. The Kier molecular flexibility index (Phi) is 6.11. The zero-order valence-corrected chi connectivity index (χ0v) is 18.5. The molecule has 1 aromatic heterocycles. The molecule has 0 aliphatic carbocycles. The number of nitrogens with zero attached hydrogens (tertiary/aromatic N) is 1. The van der Waals surface area contributed by atoms with Gasteiger partial charge in [-0.25, -0.2) is 4.98 Å². The lowest BCUT2D eigenvalue weighted by Crippen LogP contribution is -2.18. The van der Waals surface area contributed by atoms with Crippen LogP contribution in [0.5, 0.6) is 11.5 Å². The first-order valence-corrected chi connectivity index (χ1v) is 10.9. The Balaban J connectivity index is 1.52. The number of hydrogen-bond acceptors (Lipinski definition) is 6. The van der Waals surface area contributed by atoms with Crippen LogP contribution < -0.4 is 20.1 Å². The second kappa shape index (κ2) is 8.95. The highest BCUT2D eigenvalue weighted by Crippen LogP contribution is 2.37. The second-order valence-electron chi connectivity index (χ2n) is 6.83. The van der Waals surface area contributed by atoms with Crippen LogP contribution in [0.15, 0.2) is 35.7 Å². The molecular formula is C22H20ClN3O4S. The van der Waals surface area contributed by atoms with E-state index in [2.05, 4.69) is 15.6 Å². The summed E-state index contributed by atoms with van der Waals surface area (Å²) in [5.41, 5.74) is 3.93. The van der Waals surface area contributed by atoms with Gasteiger partial charge >= 0.3 is 0 Å². The van der Waals surface area contributed by atoms with E-state index in [1.165, 1.54) is 24.5 Å². The van der Waals surface area contributed by atoms with Crippen molar-refractivity contribution in [3.63, 3.8) is 0 Å². The van der Waals surface area contributed by atoms with Crippen LogP contribution in [-0.2, 0) is 11.2 Å². The van der Waals surface area contributed by atoms with Gasteiger partial charge < -0.3 is 14.8 Å². The Bertz CT molecular complexity index is 1160. The van der Waals surface area contributed by atoms with Gasteiger partial charge in [0.15, 0.2) is 16.6 Å². The lowest BCUT2D eigenvalue weighted by molar-refractivity contribution is -0.116. The molecule has 1 aliphatic heterocycles. The third kappa shape index (κ3) is 4.50. The van der Waals surface area contributed by atoms with Gasteiger partial charge in [-0.15, -0.1) is 11.3 Å². The number of carbonyl (C=O) groups excluding carboxylic acids is 2. The lowest BCUT2D eigenvalue weighted by Gasteiger charge is -2.17. The van der Waals surface area contributed by atoms with Crippen LogP contribution in [0, 0.1) is 0 Å². The van der Waals surface area contributed by atoms with Crippen molar-refractivity contribution in [2.45, 2.75) is 19.8 Å². The first-order chi connectivity index (χ1) is 15.0. The Labute approximate surface area is 188 Å². The Hall–Kier alpha value is -3.10. The molecule has 160 valence electrons. The number of halogens is 1. The molecule has 1 aliphatic rings. The van der Waals surface area contributed by atoms with Crippen LogP contribution in [0.2, 0.25) is 5.02 Å². The molecule has 0 saturated heterocycles. The molecule has 3 aromatic rings. The zero-order chi connectivity index (χ0) is 22.0. The standard InChI is InChI=1S/C22H20ClN3O4S/c1-3-30-20-15(23)9-14(10-18(20)29-2)21(28)26-22-25-17(11-31-22)13-4-6-16-12(8-13)5-7-19(27)24-16/h4,6,8-11H,3,5,7H2,1-2H3,(H,24,27)(H,25,26,28). The van der Waals surface area contributed by atoms with Gasteiger partial charge in [-0.1, -0.05) is 17.7 Å². The van der Waals surface area contributed by atoms with Crippen LogP contribution in [0.1, 0.15) is 29.3 Å². The molecule has 0 unspecified atom stereocenters. The molecule has 2 amide bonds. The van der Waals surface area contributed by atoms with Crippen molar-refractivity contribution < 1.29 is 19.1 Å². The third-order valence-corrected chi connectivity index (χ3v) is 5.84. The third-order valence-electron chi connectivity index (χ3n) is 4.80. The normalized spacial score (nSPS) is 12.7. The maximum atomic E-state index is 12.7. The van der Waals surface area contributed by atoms with E-state index in [0.29, 0.717) is 46.7 Å². The first kappa shape index (κ1) is 21.1. The molecule has 0 spiro atoms. The highest BCUT2D eigenvalue weighted by atomic mass is 35.5. The number of anilines is 2. The van der Waals surface area contributed by atoms with Gasteiger partial charge in [0, 0.05) is 28.6 Å². The van der Waals surface area contributed by atoms with E-state index in [4.69, 9.17) is 21.1 Å². The predicted molar refractivity (Wildman–Crippen MR) is 122 cm³/mol. The topological polar surface area (TPSA) is 89.5 Å². The zero-order valence-electron chi connectivity index (χ0n) is 17.0. The number of aryl methyl sites for hydroxylation is 1. The van der Waals surface area contributed by atoms with Gasteiger partial charge in [-0.2, -0.15) is 0 Å². The number of ether oxygens (including phenoxy) is 2. The van der Waals surface area contributed by atoms with Crippen LogP contribution in [0.25, 0.3) is 11.3 Å². The molecule has 2 N–H and O–H groups in total. The minimum Gasteiger partial charge on any atom is -0.493 e. The largest absolute Gasteiger partial charge is 0.493 e. The van der Waals surface area contributed by atoms with E-state index in [0.717, 1.165) is 22.5 Å². The Morgan fingerprint density at radius 1 is 1.29 bits per heavy atom. The highest BCUT2D eigenvalue weighted by Gasteiger charge is 2.18. The van der Waals surface area contributed by atoms with Crippen LogP contribution >= 0.6 is 22.9 Å². The van der Waals surface area contributed by atoms with Crippen molar-refractivity contribution >= 4 is 45.6 Å². The molecule has 0 bridgehead atoms. The number of nitrogens with one attached hydrogen (secondary N) is 2. The van der Waals surface area contributed by atoms with Crippen molar-refractivity contribution in [3.8, 4) is 22.8 Å². The molecule has 9 heteroatoms. The molecule has 4 rings (SSSR count). The fourth-order valence-electron chi connectivity index (χ4n) is 3.31. The molecule has 2 aromatic carbocycles. The fraction of sp³-hybridized carbons (Fsp3) is 0.227. The lowest BCUT2D eigenvalue weighted by atomic mass is 9.99. The van der Waals surface area contributed by atoms with Crippen LogP contribution in [0.3, 0.4) is 0 Å². The van der Waals surface area contributed by atoms with Gasteiger partial charge in [0.2, 0.25) is 5.91 Å². The SMILES string of the molecule is CCOc1c(Cl)cc(C(=O)Nc2nc(-c3ccc4c(c3)CCC(=O)N4)cs2)cc1OC. The number of methoxy groups -OCH3 is 1. The summed E-state index contributed by atoms with van der Waals surface area (Å²) in [4.78, 5) is 28.8. The van der Waals surface area contributed by atoms with E-state index in [-0.39, 0.29) is 11.8 Å². The number of benzene rings is 2. The van der Waals surface area contributed by atoms with Crippen molar-refractivity contribution in [3.05, 3.63) is 51.9 Å². The molecule has 0 fully saturated rings. The number of aromatic nitrogens is 1. The maximum absolute atomic E-state index is 12.7. The molecule has 0 radical (unpaired) electrons. The maximum Gasteiger partial charge on any atom is 0.257 e. The van der Waals surface area contributed by atoms with Crippen molar-refractivity contribution in [1.82, 2.24) is 4.98 Å². The summed E-state index contributed by atoms with van der Waals surface area (Å²) >= 11 is 7.60. The summed E-state index contributed by atoms with van der Waals surface area (Å²) in [6, 6.07) is 8.93. The molecule has 2 heterocycles. The number of carbonyl (C=O) groups is 2. The van der Waals surface area contributed by atoms with Gasteiger partial charge in [0.05, 0.1) is 24.4 Å². The van der Waals surface area contributed by atoms with Gasteiger partial charge in [-0.05, 0) is 43.2 Å². The summed E-state index contributed by atoms with van der Waals surface area (Å²) in [5.74, 6) is 0.478. The number of thiazole rings is 1. The molecule has 0 atom stereocenters. The van der Waals surface area contributed by atoms with Crippen molar-refractivity contribution in [2.75, 3.05) is 24.4 Å². The summed E-state index contributed by atoms with van der Waals surface area (Å²) in [6.45, 7) is 2.27. The minimum absolute atomic E-state index is 0.0323. The number of fused-ring (bicyclic) bond motifs is 1. The smallest absolute Gasteiger partial charge is 0.257 e. The first-order valence-electron chi connectivity index (χ1n) is 9.69. The van der Waals surface area contributed by atoms with E-state index in [1.54, 1.807) is 6.07 Å². The summed E-state index contributed by atoms with van der Waals surface area (Å²) < 4.78 is 10.8. The quantitative estimate of drug-likeness (QED) is 0.543. The van der Waals surface area contributed by atoms with Gasteiger partial charge in [0.25, 0.3) is 5.91 Å². The van der Waals surface area contributed by atoms with Crippen molar-refractivity contribution in [2.24, 2.45) is 0 Å². The number of hydrogen-bond donors (Lipinski definition) is 2. The molecule has 31 heavy (non-hydrogen) atoms.